The Kier molecular flexibility index (Phi) is 4.02. The predicted octanol–water partition coefficient (Wildman–Crippen LogP) is 1.54. The fourth-order valence-corrected chi connectivity index (χ4v) is 2.10. The van der Waals surface area contributed by atoms with Gasteiger partial charge in [0, 0.05) is 6.04 Å². The third kappa shape index (κ3) is 2.46. The van der Waals surface area contributed by atoms with Crippen molar-refractivity contribution in [2.24, 2.45) is 5.92 Å². The number of nitrogens with one attached hydrogen (secondary N) is 1. The molecule has 1 aliphatic carbocycles. The molecule has 0 aromatic rings. The van der Waals surface area contributed by atoms with Gasteiger partial charge in [-0.1, -0.05) is 20.3 Å². The van der Waals surface area contributed by atoms with Crippen molar-refractivity contribution in [2.75, 3.05) is 6.54 Å². The molecule has 0 saturated heterocycles. The second kappa shape index (κ2) is 4.83. The summed E-state index contributed by atoms with van der Waals surface area (Å²) in [4.78, 5) is 0. The van der Waals surface area contributed by atoms with E-state index in [1.165, 1.54) is 12.8 Å². The summed E-state index contributed by atoms with van der Waals surface area (Å²) >= 11 is 0. The van der Waals surface area contributed by atoms with Gasteiger partial charge in [0.05, 0.1) is 6.10 Å². The quantitative estimate of drug-likeness (QED) is 0.675. The van der Waals surface area contributed by atoms with Crippen LogP contribution in [-0.2, 0) is 0 Å². The normalized spacial score (nSPS) is 36.8. The summed E-state index contributed by atoms with van der Waals surface area (Å²) in [5.74, 6) is 0.759. The van der Waals surface area contributed by atoms with Gasteiger partial charge in [0.15, 0.2) is 0 Å². The van der Waals surface area contributed by atoms with Crippen molar-refractivity contribution < 1.29 is 5.11 Å². The molecule has 0 heterocycles. The summed E-state index contributed by atoms with van der Waals surface area (Å²) < 4.78 is 0. The first-order valence-corrected chi connectivity index (χ1v) is 5.19. The van der Waals surface area contributed by atoms with Crippen LogP contribution in [0.15, 0.2) is 0 Å². The van der Waals surface area contributed by atoms with Gasteiger partial charge in [-0.15, -0.1) is 0 Å². The number of likely N-dealkylation sites (N-methyl/N-ethyl adjacent to an activating group) is 1. The molecule has 1 saturated carbocycles. The molecular weight excluding hydrogens is 150 g/mol. The second-order valence-electron chi connectivity index (χ2n) is 3.82. The molecule has 0 aromatic carbocycles. The van der Waals surface area contributed by atoms with Crippen molar-refractivity contribution >= 4 is 0 Å². The van der Waals surface area contributed by atoms with Gasteiger partial charge in [-0.25, -0.2) is 0 Å². The summed E-state index contributed by atoms with van der Waals surface area (Å²) in [7, 11) is 0. The van der Waals surface area contributed by atoms with Gasteiger partial charge in [-0.3, -0.25) is 0 Å². The summed E-state index contributed by atoms with van der Waals surface area (Å²) in [6.07, 6.45) is 4.53. The molecule has 3 unspecified atom stereocenters. The number of hydrogen-bond donors (Lipinski definition) is 2. The molecule has 0 bridgehead atoms. The van der Waals surface area contributed by atoms with Crippen molar-refractivity contribution in [2.45, 2.75) is 51.7 Å². The minimum Gasteiger partial charge on any atom is -0.391 e. The third-order valence-corrected chi connectivity index (χ3v) is 2.97. The number of aliphatic hydroxyl groups excluding tert-OH is 1. The SMILES string of the molecule is CCNC1CCC(CC)CC1O. The highest BCUT2D eigenvalue weighted by Gasteiger charge is 2.26. The molecule has 1 rings (SSSR count). The van der Waals surface area contributed by atoms with Crippen molar-refractivity contribution in [3.63, 3.8) is 0 Å². The maximum atomic E-state index is 9.74. The lowest BCUT2D eigenvalue weighted by molar-refractivity contribution is 0.0651. The first-order chi connectivity index (χ1) is 5.77. The summed E-state index contributed by atoms with van der Waals surface area (Å²) in [6, 6.07) is 0.359. The maximum Gasteiger partial charge on any atom is 0.0695 e. The molecule has 0 aliphatic heterocycles. The Labute approximate surface area is 75.4 Å². The zero-order chi connectivity index (χ0) is 8.97. The van der Waals surface area contributed by atoms with Crippen LogP contribution in [0.3, 0.4) is 0 Å². The zero-order valence-corrected chi connectivity index (χ0v) is 8.21. The Morgan fingerprint density at radius 1 is 1.33 bits per heavy atom. The second-order valence-corrected chi connectivity index (χ2v) is 3.82. The molecule has 0 spiro atoms. The molecule has 72 valence electrons. The average Bonchev–Trinajstić information content (AvgIpc) is 2.09. The van der Waals surface area contributed by atoms with Crippen molar-refractivity contribution in [3.8, 4) is 0 Å². The summed E-state index contributed by atoms with van der Waals surface area (Å²) in [5, 5.41) is 13.1. The lowest BCUT2D eigenvalue weighted by Crippen LogP contribution is -2.43. The van der Waals surface area contributed by atoms with Gasteiger partial charge in [-0.05, 0) is 31.7 Å². The number of aliphatic hydroxyl groups is 1. The van der Waals surface area contributed by atoms with Gasteiger partial charge < -0.3 is 10.4 Å². The monoisotopic (exact) mass is 171 g/mol. The van der Waals surface area contributed by atoms with E-state index in [0.29, 0.717) is 6.04 Å². The van der Waals surface area contributed by atoms with E-state index in [1.807, 2.05) is 0 Å². The molecular formula is C10H21NO. The molecule has 12 heavy (non-hydrogen) atoms. The highest BCUT2D eigenvalue weighted by molar-refractivity contribution is 4.83. The lowest BCUT2D eigenvalue weighted by Gasteiger charge is -2.33. The molecule has 2 nitrogen and oxygen atoms in total. The minimum absolute atomic E-state index is 0.108. The summed E-state index contributed by atoms with van der Waals surface area (Å²) in [6.45, 7) is 5.28. The first-order valence-electron chi connectivity index (χ1n) is 5.19. The Balaban J connectivity index is 2.31. The van der Waals surface area contributed by atoms with Crippen molar-refractivity contribution in [3.05, 3.63) is 0 Å². The highest BCUT2D eigenvalue weighted by atomic mass is 16.3. The van der Waals surface area contributed by atoms with Crippen LogP contribution in [0.1, 0.15) is 39.5 Å². The fraction of sp³-hybridized carbons (Fsp3) is 1.00. The molecule has 3 atom stereocenters. The Bertz CT molecular complexity index is 127. The molecule has 2 heteroatoms. The van der Waals surface area contributed by atoms with E-state index in [0.717, 1.165) is 25.3 Å². The Morgan fingerprint density at radius 3 is 2.58 bits per heavy atom. The van der Waals surface area contributed by atoms with E-state index in [4.69, 9.17) is 0 Å². The van der Waals surface area contributed by atoms with Crippen LogP contribution in [0.4, 0.5) is 0 Å². The van der Waals surface area contributed by atoms with Crippen LogP contribution in [0.2, 0.25) is 0 Å². The zero-order valence-electron chi connectivity index (χ0n) is 8.21. The minimum atomic E-state index is -0.108. The largest absolute Gasteiger partial charge is 0.391 e. The maximum absolute atomic E-state index is 9.74. The van der Waals surface area contributed by atoms with E-state index in [-0.39, 0.29) is 6.10 Å². The number of rotatable bonds is 3. The van der Waals surface area contributed by atoms with Crippen molar-refractivity contribution in [1.82, 2.24) is 5.32 Å². The lowest BCUT2D eigenvalue weighted by atomic mass is 9.82. The van der Waals surface area contributed by atoms with E-state index in [2.05, 4.69) is 19.2 Å². The summed E-state index contributed by atoms with van der Waals surface area (Å²) in [5.41, 5.74) is 0. The molecule has 0 aromatic heterocycles. The van der Waals surface area contributed by atoms with E-state index < -0.39 is 0 Å². The highest BCUT2D eigenvalue weighted by Crippen LogP contribution is 2.26. The van der Waals surface area contributed by atoms with E-state index in [1.54, 1.807) is 0 Å². The number of hydrogen-bond acceptors (Lipinski definition) is 2. The van der Waals surface area contributed by atoms with E-state index in [9.17, 15) is 5.11 Å². The van der Waals surface area contributed by atoms with Crippen LogP contribution < -0.4 is 5.32 Å². The average molecular weight is 171 g/mol. The van der Waals surface area contributed by atoms with Crippen LogP contribution in [0.5, 0.6) is 0 Å². The van der Waals surface area contributed by atoms with Gasteiger partial charge >= 0.3 is 0 Å². The van der Waals surface area contributed by atoms with Gasteiger partial charge in [0.2, 0.25) is 0 Å². The van der Waals surface area contributed by atoms with Crippen LogP contribution in [-0.4, -0.2) is 23.8 Å². The van der Waals surface area contributed by atoms with E-state index >= 15 is 0 Å². The fourth-order valence-electron chi connectivity index (χ4n) is 2.10. The topological polar surface area (TPSA) is 32.3 Å². The van der Waals surface area contributed by atoms with Gasteiger partial charge in [-0.2, -0.15) is 0 Å². The smallest absolute Gasteiger partial charge is 0.0695 e. The Morgan fingerprint density at radius 2 is 2.08 bits per heavy atom. The van der Waals surface area contributed by atoms with Gasteiger partial charge in [0.25, 0.3) is 0 Å². The third-order valence-electron chi connectivity index (χ3n) is 2.97. The molecule has 0 radical (unpaired) electrons. The molecule has 1 fully saturated rings. The first kappa shape index (κ1) is 10.0. The molecule has 2 N–H and O–H groups in total. The Hall–Kier alpha value is -0.0800. The predicted molar refractivity (Wildman–Crippen MR) is 51.1 cm³/mol. The molecule has 1 aliphatic rings. The molecule has 0 amide bonds. The van der Waals surface area contributed by atoms with Crippen LogP contribution in [0.25, 0.3) is 0 Å². The van der Waals surface area contributed by atoms with Crippen molar-refractivity contribution in [1.29, 1.82) is 0 Å². The van der Waals surface area contributed by atoms with Crippen LogP contribution in [0, 0.1) is 5.92 Å². The standard InChI is InChI=1S/C10H21NO/c1-3-8-5-6-9(11-4-2)10(12)7-8/h8-12H,3-7H2,1-2H3. The van der Waals surface area contributed by atoms with Gasteiger partial charge in [0.1, 0.15) is 0 Å². The van der Waals surface area contributed by atoms with Crippen LogP contribution >= 0.6 is 0 Å².